The third-order valence-electron chi connectivity index (χ3n) is 3.49. The van der Waals surface area contributed by atoms with E-state index in [1.165, 1.54) is 0 Å². The molecule has 19 heavy (non-hydrogen) atoms. The van der Waals surface area contributed by atoms with Gasteiger partial charge in [0.25, 0.3) is 0 Å². The molecule has 0 unspecified atom stereocenters. The third-order valence-corrected chi connectivity index (χ3v) is 3.49. The van der Waals surface area contributed by atoms with Crippen molar-refractivity contribution in [2.45, 2.75) is 25.4 Å². The van der Waals surface area contributed by atoms with Crippen LogP contribution in [0.2, 0.25) is 0 Å². The van der Waals surface area contributed by atoms with Crippen LogP contribution in [0.25, 0.3) is 0 Å². The molecular weight excluding hydrogens is 243 g/mol. The number of hydrogen-bond donors (Lipinski definition) is 2. The van der Waals surface area contributed by atoms with Gasteiger partial charge in [-0.05, 0) is 23.9 Å². The van der Waals surface area contributed by atoms with Gasteiger partial charge < -0.3 is 10.0 Å². The average molecular weight is 258 g/mol. The van der Waals surface area contributed by atoms with Crippen molar-refractivity contribution in [2.75, 3.05) is 0 Å². The highest BCUT2D eigenvalue weighted by atomic mass is 16.4. The van der Waals surface area contributed by atoms with Crippen LogP contribution in [-0.2, 0) is 6.54 Å². The molecular formula is C13H15BN2O3. The smallest absolute Gasteiger partial charge is 0.423 e. The van der Waals surface area contributed by atoms with E-state index < -0.39 is 7.12 Å². The Morgan fingerprint density at radius 1 is 1.21 bits per heavy atom. The van der Waals surface area contributed by atoms with Crippen LogP contribution in [0.1, 0.15) is 24.4 Å². The van der Waals surface area contributed by atoms with Gasteiger partial charge in [0.05, 0.1) is 6.54 Å². The van der Waals surface area contributed by atoms with E-state index in [0.717, 1.165) is 18.4 Å². The van der Waals surface area contributed by atoms with E-state index >= 15 is 0 Å². The van der Waals surface area contributed by atoms with Gasteiger partial charge in [-0.2, -0.15) is 0 Å². The predicted molar refractivity (Wildman–Crippen MR) is 72.3 cm³/mol. The fourth-order valence-electron chi connectivity index (χ4n) is 2.29. The van der Waals surface area contributed by atoms with Crippen molar-refractivity contribution >= 4 is 12.6 Å². The topological polar surface area (TPSA) is 67.4 Å². The number of benzene rings is 1. The number of rotatable bonds is 4. The summed E-state index contributed by atoms with van der Waals surface area (Å²) in [5.74, 6) is 0. The van der Waals surface area contributed by atoms with Crippen molar-refractivity contribution in [1.29, 1.82) is 0 Å². The predicted octanol–water partition coefficient (Wildman–Crippen LogP) is -0.287. The second kappa shape index (κ2) is 4.72. The minimum absolute atomic E-state index is 0.0373. The lowest BCUT2D eigenvalue weighted by molar-refractivity contribution is 0.425. The Labute approximate surface area is 110 Å². The molecule has 1 aliphatic carbocycles. The molecule has 6 heteroatoms. The third kappa shape index (κ3) is 2.37. The standard InChI is InChI=1S/C13H15BN2O3/c17-13-15(7-8-16(13)11-5-6-11)9-10-3-1-2-4-12(10)14(18)19/h1-4,7-8,11,18-19H,5-6,9H2. The van der Waals surface area contributed by atoms with Gasteiger partial charge in [0.2, 0.25) is 0 Å². The Balaban J connectivity index is 1.91. The Morgan fingerprint density at radius 2 is 1.95 bits per heavy atom. The lowest BCUT2D eigenvalue weighted by Gasteiger charge is -2.08. The van der Waals surface area contributed by atoms with Crippen molar-refractivity contribution in [3.8, 4) is 0 Å². The molecule has 1 heterocycles. The molecule has 2 aromatic rings. The maximum atomic E-state index is 12.1. The molecule has 0 saturated heterocycles. The first kappa shape index (κ1) is 12.3. The molecule has 98 valence electrons. The fourth-order valence-corrected chi connectivity index (χ4v) is 2.29. The molecule has 3 rings (SSSR count). The normalized spacial score (nSPS) is 14.6. The average Bonchev–Trinajstić information content (AvgIpc) is 3.17. The van der Waals surface area contributed by atoms with E-state index in [2.05, 4.69) is 0 Å². The zero-order valence-electron chi connectivity index (χ0n) is 10.4. The van der Waals surface area contributed by atoms with Crippen molar-refractivity contribution in [3.05, 3.63) is 52.7 Å². The van der Waals surface area contributed by atoms with Gasteiger partial charge in [0, 0.05) is 18.4 Å². The second-order valence-corrected chi connectivity index (χ2v) is 4.92. The summed E-state index contributed by atoms with van der Waals surface area (Å²) in [5, 5.41) is 18.6. The van der Waals surface area contributed by atoms with Crippen LogP contribution in [0.3, 0.4) is 0 Å². The Bertz CT molecular complexity index is 643. The first-order chi connectivity index (χ1) is 9.16. The van der Waals surface area contributed by atoms with Gasteiger partial charge in [-0.25, -0.2) is 4.79 Å². The van der Waals surface area contributed by atoms with E-state index in [-0.39, 0.29) is 5.69 Å². The van der Waals surface area contributed by atoms with Crippen molar-refractivity contribution in [1.82, 2.24) is 9.13 Å². The van der Waals surface area contributed by atoms with Gasteiger partial charge in [-0.1, -0.05) is 24.3 Å². The minimum atomic E-state index is -1.52. The molecule has 2 N–H and O–H groups in total. The van der Waals surface area contributed by atoms with Crippen molar-refractivity contribution < 1.29 is 10.0 Å². The summed E-state index contributed by atoms with van der Waals surface area (Å²) in [6.07, 6.45) is 5.69. The Kier molecular flexibility index (Phi) is 3.04. The molecule has 1 aromatic carbocycles. The highest BCUT2D eigenvalue weighted by molar-refractivity contribution is 6.59. The van der Waals surface area contributed by atoms with Crippen LogP contribution in [0.5, 0.6) is 0 Å². The fraction of sp³-hybridized carbons (Fsp3) is 0.308. The summed E-state index contributed by atoms with van der Waals surface area (Å²) in [6, 6.07) is 7.38. The minimum Gasteiger partial charge on any atom is -0.423 e. The molecule has 0 aliphatic heterocycles. The van der Waals surface area contributed by atoms with Gasteiger partial charge in [-0.3, -0.25) is 9.13 Å². The summed E-state index contributed by atoms with van der Waals surface area (Å²) in [4.78, 5) is 12.1. The molecule has 0 atom stereocenters. The van der Waals surface area contributed by atoms with E-state index in [1.54, 1.807) is 39.7 Å². The van der Waals surface area contributed by atoms with E-state index in [1.807, 2.05) is 6.07 Å². The largest absolute Gasteiger partial charge is 0.488 e. The van der Waals surface area contributed by atoms with Gasteiger partial charge in [0.15, 0.2) is 0 Å². The van der Waals surface area contributed by atoms with Crippen LogP contribution in [-0.4, -0.2) is 26.3 Å². The highest BCUT2D eigenvalue weighted by Gasteiger charge is 2.25. The number of nitrogens with zero attached hydrogens (tertiary/aromatic N) is 2. The SMILES string of the molecule is O=c1n(Cc2ccccc2B(O)O)ccn1C1CC1. The monoisotopic (exact) mass is 258 g/mol. The quantitative estimate of drug-likeness (QED) is 0.741. The molecule has 1 saturated carbocycles. The zero-order valence-corrected chi connectivity index (χ0v) is 10.4. The summed E-state index contributed by atoms with van der Waals surface area (Å²) in [6.45, 7) is 0.354. The molecule has 1 aromatic heterocycles. The maximum absolute atomic E-state index is 12.1. The first-order valence-corrected chi connectivity index (χ1v) is 6.38. The molecule has 5 nitrogen and oxygen atoms in total. The van der Waals surface area contributed by atoms with Gasteiger partial charge in [-0.15, -0.1) is 0 Å². The molecule has 0 radical (unpaired) electrons. The molecule has 1 fully saturated rings. The molecule has 1 aliphatic rings. The van der Waals surface area contributed by atoms with Crippen LogP contribution in [0.15, 0.2) is 41.5 Å². The second-order valence-electron chi connectivity index (χ2n) is 4.92. The van der Waals surface area contributed by atoms with E-state index in [0.29, 0.717) is 18.0 Å². The highest BCUT2D eigenvalue weighted by Crippen LogP contribution is 2.33. The number of aromatic nitrogens is 2. The summed E-state index contributed by atoms with van der Waals surface area (Å²) in [5.41, 5.74) is 1.14. The lowest BCUT2D eigenvalue weighted by Crippen LogP contribution is -2.34. The Morgan fingerprint density at radius 3 is 2.63 bits per heavy atom. The Hall–Kier alpha value is -1.79. The molecule has 0 amide bonds. The van der Waals surface area contributed by atoms with E-state index in [4.69, 9.17) is 0 Å². The molecule has 0 bridgehead atoms. The van der Waals surface area contributed by atoms with Gasteiger partial charge >= 0.3 is 12.8 Å². The zero-order chi connectivity index (χ0) is 13.4. The van der Waals surface area contributed by atoms with Crippen LogP contribution in [0.4, 0.5) is 0 Å². The number of hydrogen-bond acceptors (Lipinski definition) is 3. The first-order valence-electron chi connectivity index (χ1n) is 6.38. The van der Waals surface area contributed by atoms with E-state index in [9.17, 15) is 14.8 Å². The summed E-state index contributed by atoms with van der Waals surface area (Å²) < 4.78 is 3.34. The van der Waals surface area contributed by atoms with Crippen LogP contribution in [0, 0.1) is 0 Å². The lowest BCUT2D eigenvalue weighted by atomic mass is 9.77. The van der Waals surface area contributed by atoms with Crippen LogP contribution >= 0.6 is 0 Å². The van der Waals surface area contributed by atoms with Gasteiger partial charge in [0.1, 0.15) is 0 Å². The maximum Gasteiger partial charge on any atom is 0.488 e. The summed E-state index contributed by atoms with van der Waals surface area (Å²) >= 11 is 0. The van der Waals surface area contributed by atoms with Crippen molar-refractivity contribution in [2.24, 2.45) is 0 Å². The van der Waals surface area contributed by atoms with Crippen molar-refractivity contribution in [3.63, 3.8) is 0 Å². The molecule has 0 spiro atoms. The van der Waals surface area contributed by atoms with Crippen LogP contribution < -0.4 is 11.2 Å². The summed E-state index contributed by atoms with van der Waals surface area (Å²) in [7, 11) is -1.52. The number of imidazole rings is 1.